The van der Waals surface area contributed by atoms with Crippen LogP contribution in [0.1, 0.15) is 69.2 Å². The first-order chi connectivity index (χ1) is 14.1. The molecule has 30 heavy (non-hydrogen) atoms. The molecule has 1 aromatic carbocycles. The van der Waals surface area contributed by atoms with Crippen molar-refractivity contribution < 1.29 is 14.3 Å². The summed E-state index contributed by atoms with van der Waals surface area (Å²) in [6.45, 7) is 11.4. The van der Waals surface area contributed by atoms with Crippen LogP contribution in [-0.2, 0) is 11.3 Å². The highest BCUT2D eigenvalue weighted by Crippen LogP contribution is 2.29. The second kappa shape index (κ2) is 8.52. The summed E-state index contributed by atoms with van der Waals surface area (Å²) in [5, 5.41) is 0.375. The van der Waals surface area contributed by atoms with Crippen LogP contribution in [0.3, 0.4) is 0 Å². The van der Waals surface area contributed by atoms with Crippen molar-refractivity contribution >= 4 is 33.3 Å². The molecule has 0 amide bonds. The Bertz CT molecular complexity index is 1200. The topological polar surface area (TPSA) is 78.3 Å². The van der Waals surface area contributed by atoms with Crippen LogP contribution in [0.25, 0.3) is 10.2 Å². The summed E-state index contributed by atoms with van der Waals surface area (Å²) in [5.41, 5.74) is 2.95. The zero-order chi connectivity index (χ0) is 22.2. The summed E-state index contributed by atoms with van der Waals surface area (Å²) < 4.78 is 6.55. The number of Topliss-reactive ketones (excluding diaryl/α,β-unsaturated/α-hetero) is 1. The lowest BCUT2D eigenvalue weighted by atomic mass is 10.0. The van der Waals surface area contributed by atoms with E-state index in [1.54, 1.807) is 19.9 Å². The maximum Gasteiger partial charge on any atom is 0.348 e. The van der Waals surface area contributed by atoms with Crippen molar-refractivity contribution in [1.82, 2.24) is 9.55 Å². The summed E-state index contributed by atoms with van der Waals surface area (Å²) in [6, 6.07) is 5.54. The number of ketones is 1. The molecule has 0 aliphatic carbocycles. The monoisotopic (exact) mass is 426 g/mol. The van der Waals surface area contributed by atoms with Gasteiger partial charge in [-0.1, -0.05) is 26.0 Å². The van der Waals surface area contributed by atoms with Gasteiger partial charge in [-0.05, 0) is 50.5 Å². The zero-order valence-corrected chi connectivity index (χ0v) is 19.0. The van der Waals surface area contributed by atoms with E-state index in [0.29, 0.717) is 32.0 Å². The predicted molar refractivity (Wildman–Crippen MR) is 119 cm³/mol. The van der Waals surface area contributed by atoms with Crippen LogP contribution in [-0.4, -0.2) is 27.9 Å². The van der Waals surface area contributed by atoms with E-state index >= 15 is 0 Å². The molecule has 0 aliphatic heterocycles. The molecule has 3 aromatic rings. The van der Waals surface area contributed by atoms with Crippen LogP contribution in [0.5, 0.6) is 0 Å². The first-order valence-corrected chi connectivity index (χ1v) is 10.8. The number of benzene rings is 1. The standard InChI is InChI=1S/C23H26N2O4S/c1-7-29-23(28)19-15(6)18-21(30-19)24-20(12(2)3)25(22(18)27)11-17(26)16-9-8-13(4)14(5)10-16/h8-10,12H,7,11H2,1-6H3. The minimum atomic E-state index is -0.457. The first-order valence-electron chi connectivity index (χ1n) is 9.97. The van der Waals surface area contributed by atoms with Crippen LogP contribution < -0.4 is 5.56 Å². The molecule has 0 atom stereocenters. The number of thiophene rings is 1. The largest absolute Gasteiger partial charge is 0.462 e. The van der Waals surface area contributed by atoms with Crippen LogP contribution in [0.4, 0.5) is 0 Å². The Balaban J connectivity index is 2.14. The number of hydrogen-bond acceptors (Lipinski definition) is 6. The summed E-state index contributed by atoms with van der Waals surface area (Å²) in [4.78, 5) is 44.2. The lowest BCUT2D eigenvalue weighted by Gasteiger charge is -2.15. The Morgan fingerprint density at radius 1 is 1.17 bits per heavy atom. The van der Waals surface area contributed by atoms with Crippen molar-refractivity contribution in [3.05, 3.63) is 61.5 Å². The Kier molecular flexibility index (Phi) is 6.22. The molecule has 0 radical (unpaired) electrons. The van der Waals surface area contributed by atoms with Crippen LogP contribution >= 0.6 is 11.3 Å². The number of fused-ring (bicyclic) bond motifs is 1. The molecule has 0 spiro atoms. The SMILES string of the molecule is CCOC(=O)c1sc2nc(C(C)C)n(CC(=O)c3ccc(C)c(C)c3)c(=O)c2c1C. The predicted octanol–water partition coefficient (Wildman–Crippen LogP) is 4.57. The smallest absolute Gasteiger partial charge is 0.348 e. The normalized spacial score (nSPS) is 11.3. The number of aromatic nitrogens is 2. The van der Waals surface area contributed by atoms with Crippen LogP contribution in [0.15, 0.2) is 23.0 Å². The van der Waals surface area contributed by atoms with Gasteiger partial charge in [-0.2, -0.15) is 0 Å². The van der Waals surface area contributed by atoms with Gasteiger partial charge in [-0.3, -0.25) is 14.2 Å². The maximum atomic E-state index is 13.4. The summed E-state index contributed by atoms with van der Waals surface area (Å²) >= 11 is 1.16. The van der Waals surface area contributed by atoms with Crippen molar-refractivity contribution in [2.75, 3.05) is 6.61 Å². The molecule has 2 heterocycles. The summed E-state index contributed by atoms with van der Waals surface area (Å²) in [5.74, 6) is -0.146. The number of carbonyl (C=O) groups excluding carboxylic acids is 2. The van der Waals surface area contributed by atoms with Crippen molar-refractivity contribution in [1.29, 1.82) is 0 Å². The van der Waals surface area contributed by atoms with Gasteiger partial charge in [0.25, 0.3) is 5.56 Å². The molecule has 2 aromatic heterocycles. The third kappa shape index (κ3) is 3.94. The number of carbonyl (C=O) groups is 2. The third-order valence-electron chi connectivity index (χ3n) is 5.19. The fourth-order valence-corrected chi connectivity index (χ4v) is 4.44. The maximum absolute atomic E-state index is 13.4. The minimum absolute atomic E-state index is 0.0666. The average Bonchev–Trinajstić information content (AvgIpc) is 3.02. The Morgan fingerprint density at radius 2 is 1.87 bits per heavy atom. The molecule has 0 aliphatic rings. The molecular formula is C23H26N2O4S. The molecule has 0 bridgehead atoms. The van der Waals surface area contributed by atoms with E-state index in [1.807, 2.05) is 39.8 Å². The number of esters is 1. The van der Waals surface area contributed by atoms with Crippen molar-refractivity contribution in [2.24, 2.45) is 0 Å². The van der Waals surface area contributed by atoms with Crippen LogP contribution in [0.2, 0.25) is 0 Å². The Labute approximate surface area is 179 Å². The number of hydrogen-bond donors (Lipinski definition) is 0. The molecule has 158 valence electrons. The zero-order valence-electron chi connectivity index (χ0n) is 18.2. The van der Waals surface area contributed by atoms with Crippen molar-refractivity contribution in [2.45, 2.75) is 54.0 Å². The third-order valence-corrected chi connectivity index (χ3v) is 6.35. The van der Waals surface area contributed by atoms with Gasteiger partial charge in [0.2, 0.25) is 0 Å². The molecule has 3 rings (SSSR count). The highest BCUT2D eigenvalue weighted by Gasteiger charge is 2.24. The van der Waals surface area contributed by atoms with Crippen molar-refractivity contribution in [3.63, 3.8) is 0 Å². The van der Waals surface area contributed by atoms with Crippen molar-refractivity contribution in [3.8, 4) is 0 Å². The van der Waals surface area contributed by atoms with E-state index in [4.69, 9.17) is 4.74 Å². The molecule has 0 fully saturated rings. The second-order valence-corrected chi connectivity index (χ2v) is 8.69. The summed E-state index contributed by atoms with van der Waals surface area (Å²) in [7, 11) is 0. The van der Waals surface area contributed by atoms with Gasteiger partial charge in [0, 0.05) is 11.5 Å². The van der Waals surface area contributed by atoms with Gasteiger partial charge >= 0.3 is 5.97 Å². The van der Waals surface area contributed by atoms with E-state index in [0.717, 1.165) is 22.5 Å². The van der Waals surface area contributed by atoms with Gasteiger partial charge in [-0.15, -0.1) is 11.3 Å². The Hall–Kier alpha value is -2.80. The highest BCUT2D eigenvalue weighted by atomic mass is 32.1. The van der Waals surface area contributed by atoms with E-state index in [-0.39, 0.29) is 30.4 Å². The molecule has 0 saturated heterocycles. The van der Waals surface area contributed by atoms with E-state index in [9.17, 15) is 14.4 Å². The van der Waals surface area contributed by atoms with Crippen LogP contribution in [0, 0.1) is 20.8 Å². The summed E-state index contributed by atoms with van der Waals surface area (Å²) in [6.07, 6.45) is 0. The van der Waals surface area contributed by atoms with Gasteiger partial charge in [-0.25, -0.2) is 9.78 Å². The fourth-order valence-electron chi connectivity index (χ4n) is 3.37. The lowest BCUT2D eigenvalue weighted by Crippen LogP contribution is -2.29. The fraction of sp³-hybridized carbons (Fsp3) is 0.391. The molecule has 0 N–H and O–H groups in total. The number of rotatable bonds is 6. The lowest BCUT2D eigenvalue weighted by molar-refractivity contribution is 0.0531. The first kappa shape index (κ1) is 21.9. The molecule has 6 nitrogen and oxygen atoms in total. The van der Waals surface area contributed by atoms with Gasteiger partial charge in [0.15, 0.2) is 5.78 Å². The van der Waals surface area contributed by atoms with Gasteiger partial charge < -0.3 is 4.74 Å². The van der Waals surface area contributed by atoms with E-state index in [1.165, 1.54) is 4.57 Å². The Morgan fingerprint density at radius 3 is 2.47 bits per heavy atom. The molecular weight excluding hydrogens is 400 g/mol. The van der Waals surface area contributed by atoms with E-state index < -0.39 is 5.97 Å². The number of aryl methyl sites for hydroxylation is 3. The number of nitrogens with zero attached hydrogens (tertiary/aromatic N) is 2. The molecule has 7 heteroatoms. The number of ether oxygens (including phenoxy) is 1. The average molecular weight is 427 g/mol. The van der Waals surface area contributed by atoms with E-state index in [2.05, 4.69) is 4.98 Å². The minimum Gasteiger partial charge on any atom is -0.462 e. The molecule has 0 unspecified atom stereocenters. The van der Waals surface area contributed by atoms with Gasteiger partial charge in [0.1, 0.15) is 15.5 Å². The molecule has 0 saturated carbocycles. The quantitative estimate of drug-likeness (QED) is 0.426. The van der Waals surface area contributed by atoms with Gasteiger partial charge in [0.05, 0.1) is 18.5 Å². The highest BCUT2D eigenvalue weighted by molar-refractivity contribution is 7.20. The second-order valence-electron chi connectivity index (χ2n) is 7.70.